The van der Waals surface area contributed by atoms with E-state index in [-0.39, 0.29) is 52.2 Å². The molecule has 4 heterocycles. The first-order valence-corrected chi connectivity index (χ1v) is 11.2. The Labute approximate surface area is 225 Å². The summed E-state index contributed by atoms with van der Waals surface area (Å²) >= 11 is 1.44. The van der Waals surface area contributed by atoms with Crippen LogP contribution in [0.15, 0.2) is 54.0 Å². The summed E-state index contributed by atoms with van der Waals surface area (Å²) in [5.74, 6) is -3.10. The van der Waals surface area contributed by atoms with Crippen LogP contribution in [0, 0.1) is 0 Å². The van der Waals surface area contributed by atoms with Gasteiger partial charge in [0.05, 0.1) is 18.2 Å². The van der Waals surface area contributed by atoms with Gasteiger partial charge >= 0.3 is 35.5 Å². The predicted octanol–water partition coefficient (Wildman–Crippen LogP) is -5.01. The summed E-state index contributed by atoms with van der Waals surface area (Å²) < 4.78 is 1.85. The molecule has 12 nitrogen and oxygen atoms in total. The van der Waals surface area contributed by atoms with E-state index in [1.807, 2.05) is 4.57 Å². The van der Waals surface area contributed by atoms with Gasteiger partial charge in [0.25, 0.3) is 5.91 Å². The third-order valence-electron chi connectivity index (χ3n) is 5.28. The molecule has 2 aliphatic heterocycles. The topological polar surface area (TPSA) is 185 Å². The first-order chi connectivity index (χ1) is 16.3. The van der Waals surface area contributed by atoms with Crippen LogP contribution in [0.2, 0.25) is 0 Å². The number of thioether (sulfide) groups is 1. The van der Waals surface area contributed by atoms with Crippen molar-refractivity contribution >= 4 is 35.5 Å². The normalized spacial score (nSPS) is 19.1. The molecular formula is C21H20N6NaO6S+. The van der Waals surface area contributed by atoms with Gasteiger partial charge in [0.2, 0.25) is 5.91 Å². The molecule has 0 saturated carbocycles. The quantitative estimate of drug-likeness (QED) is 0.154. The fourth-order valence-corrected chi connectivity index (χ4v) is 4.83. The number of hydrogen-bond donors (Lipinski definition) is 4. The molecule has 2 aliphatic rings. The average Bonchev–Trinajstić information content (AvgIpc) is 3.32. The number of carboxylic acids is 2. The Balaban J connectivity index is 0.00000342. The fourth-order valence-electron chi connectivity index (χ4n) is 3.57. The number of nitrogens with two attached hydrogens (primary N) is 1. The number of aromatic amines is 1. The number of H-pyrrole nitrogens is 1. The van der Waals surface area contributed by atoms with Gasteiger partial charge in [0, 0.05) is 23.4 Å². The molecule has 0 spiro atoms. The average molecular weight is 507 g/mol. The number of aromatic nitrogens is 3. The van der Waals surface area contributed by atoms with Crippen molar-refractivity contribution in [3.8, 4) is 11.3 Å². The maximum absolute atomic E-state index is 12.0. The standard InChI is InChI=1S/C21H20N6O6S.Na/c22-16-19(31)27-17(21(32)33)12(10-34-20(16)27)2-1-5-26-6-3-11(4-7-26)13-8-14(25-24-13)18(30)23-9-15(28)29;/h1-4,6-8,16,20H,5,9-10,22H2,(H3,23,28,29,30,32,33);/q;+1/b2-1+;/t16?,20-;/m1./s1. The van der Waals surface area contributed by atoms with Crippen molar-refractivity contribution < 1.29 is 63.5 Å². The number of carbonyl (C=O) groups excluding carboxylic acids is 3. The molecule has 176 valence electrons. The number of amides is 2. The Morgan fingerprint density at radius 1 is 1.37 bits per heavy atom. The summed E-state index contributed by atoms with van der Waals surface area (Å²) in [5.41, 5.74) is 7.63. The fraction of sp³-hybridized carbons (Fsp3) is 0.238. The number of allylic oxidation sites excluding steroid dienone is 2. The van der Waals surface area contributed by atoms with Gasteiger partial charge in [0.15, 0.2) is 18.9 Å². The van der Waals surface area contributed by atoms with Crippen molar-refractivity contribution in [2.45, 2.75) is 18.0 Å². The number of hydrogen-bond acceptors (Lipinski definition) is 8. The number of fused-ring (bicyclic) bond motifs is 1. The SMILES string of the molecule is NC1C(=O)N2C(C(=O)O)=C(/C=C/C[n+]3ccc(-c4cc(C(=O)NCC(=O)[O-])[nH]n4)cc3)CS[C@H]12.[Na+]. The molecule has 14 heteroatoms. The molecule has 4 rings (SSSR count). The van der Waals surface area contributed by atoms with Crippen molar-refractivity contribution in [1.82, 2.24) is 20.4 Å². The van der Waals surface area contributed by atoms with E-state index in [1.165, 1.54) is 22.7 Å². The van der Waals surface area contributed by atoms with Crippen molar-refractivity contribution in [1.29, 1.82) is 0 Å². The number of β-lactam (4-membered cyclic amide) rings is 1. The summed E-state index contributed by atoms with van der Waals surface area (Å²) in [6.45, 7) is -0.145. The molecule has 35 heavy (non-hydrogen) atoms. The van der Waals surface area contributed by atoms with Crippen molar-refractivity contribution in [2.75, 3.05) is 12.3 Å². The van der Waals surface area contributed by atoms with Crippen LogP contribution >= 0.6 is 11.8 Å². The van der Waals surface area contributed by atoms with Crippen LogP contribution < -0.4 is 50.3 Å². The Bertz CT molecular complexity index is 1230. The number of nitrogens with one attached hydrogen (secondary N) is 2. The smallest absolute Gasteiger partial charge is 0.548 e. The summed E-state index contributed by atoms with van der Waals surface area (Å²) in [4.78, 5) is 47.3. The van der Waals surface area contributed by atoms with E-state index in [9.17, 15) is 29.4 Å². The van der Waals surface area contributed by atoms with Crippen LogP contribution in [0.1, 0.15) is 10.5 Å². The minimum absolute atomic E-state index is 0. The van der Waals surface area contributed by atoms with Crippen molar-refractivity contribution in [2.24, 2.45) is 5.73 Å². The van der Waals surface area contributed by atoms with E-state index < -0.39 is 30.4 Å². The van der Waals surface area contributed by atoms with E-state index in [2.05, 4.69) is 15.5 Å². The number of nitrogens with zero attached hydrogens (tertiary/aromatic N) is 3. The maximum atomic E-state index is 12.0. The minimum atomic E-state index is -1.39. The maximum Gasteiger partial charge on any atom is 1.00 e. The second-order valence-corrected chi connectivity index (χ2v) is 8.63. The third kappa shape index (κ3) is 5.65. The first kappa shape index (κ1) is 26.6. The molecule has 0 bridgehead atoms. The zero-order chi connectivity index (χ0) is 24.4. The van der Waals surface area contributed by atoms with Gasteiger partial charge in [-0.25, -0.2) is 9.36 Å². The number of carbonyl (C=O) groups is 4. The molecule has 1 unspecified atom stereocenters. The van der Waals surface area contributed by atoms with Crippen LogP contribution in [0.4, 0.5) is 0 Å². The van der Waals surface area contributed by atoms with Gasteiger partial charge < -0.3 is 26.1 Å². The summed E-state index contributed by atoms with van der Waals surface area (Å²) in [5, 5.41) is 28.5. The van der Waals surface area contributed by atoms with E-state index >= 15 is 0 Å². The van der Waals surface area contributed by atoms with Gasteiger partial charge in [-0.1, -0.05) is 6.08 Å². The molecule has 2 aromatic rings. The van der Waals surface area contributed by atoms with Crippen molar-refractivity contribution in [3.63, 3.8) is 0 Å². The molecule has 2 atom stereocenters. The number of pyridine rings is 1. The molecular weight excluding hydrogens is 487 g/mol. The molecule has 5 N–H and O–H groups in total. The molecule has 0 radical (unpaired) electrons. The van der Waals surface area contributed by atoms with Gasteiger partial charge in [-0.3, -0.25) is 19.6 Å². The molecule has 2 aromatic heterocycles. The molecule has 0 aliphatic carbocycles. The van der Waals surface area contributed by atoms with E-state index in [1.54, 1.807) is 36.7 Å². The summed E-state index contributed by atoms with van der Waals surface area (Å²) in [6, 6.07) is 4.41. The zero-order valence-corrected chi connectivity index (χ0v) is 21.4. The summed E-state index contributed by atoms with van der Waals surface area (Å²) in [6.07, 6.45) is 7.09. The molecule has 1 fully saturated rings. The van der Waals surface area contributed by atoms with Gasteiger partial charge in [-0.05, 0) is 17.7 Å². The minimum Gasteiger partial charge on any atom is -0.548 e. The Kier molecular flexibility index (Phi) is 8.51. The van der Waals surface area contributed by atoms with Gasteiger partial charge in [-0.15, -0.1) is 11.8 Å². The second kappa shape index (κ2) is 11.2. The van der Waals surface area contributed by atoms with Crippen molar-refractivity contribution in [3.05, 3.63) is 59.7 Å². The monoisotopic (exact) mass is 507 g/mol. The summed E-state index contributed by atoms with van der Waals surface area (Å²) in [7, 11) is 0. The van der Waals surface area contributed by atoms with Gasteiger partial charge in [-0.2, -0.15) is 5.10 Å². The van der Waals surface area contributed by atoms with Crippen LogP contribution in [-0.2, 0) is 20.9 Å². The van der Waals surface area contributed by atoms with Crippen LogP contribution in [0.3, 0.4) is 0 Å². The molecule has 1 saturated heterocycles. The van der Waals surface area contributed by atoms with Crippen LogP contribution in [0.25, 0.3) is 11.3 Å². The largest absolute Gasteiger partial charge is 1.00 e. The Morgan fingerprint density at radius 3 is 2.74 bits per heavy atom. The number of rotatable bonds is 8. The zero-order valence-electron chi connectivity index (χ0n) is 18.6. The van der Waals surface area contributed by atoms with Gasteiger partial charge in [0.1, 0.15) is 22.8 Å². The van der Waals surface area contributed by atoms with Crippen LogP contribution in [0.5, 0.6) is 0 Å². The third-order valence-corrected chi connectivity index (χ3v) is 6.60. The molecule has 0 aromatic carbocycles. The molecule has 2 amide bonds. The number of aliphatic carboxylic acids is 2. The van der Waals surface area contributed by atoms with Crippen LogP contribution in [-0.4, -0.2) is 67.7 Å². The number of carboxylic acid groups (broad SMARTS) is 2. The van der Waals surface area contributed by atoms with E-state index in [0.29, 0.717) is 23.6 Å². The van der Waals surface area contributed by atoms with E-state index in [0.717, 1.165) is 5.56 Å². The van der Waals surface area contributed by atoms with E-state index in [4.69, 9.17) is 5.73 Å². The predicted molar refractivity (Wildman–Crippen MR) is 116 cm³/mol. The Morgan fingerprint density at radius 2 is 2.09 bits per heavy atom. The Hall–Kier alpha value is -2.97. The second-order valence-electron chi connectivity index (χ2n) is 7.52. The first-order valence-electron chi connectivity index (χ1n) is 10.1.